The Morgan fingerprint density at radius 2 is 1.01 bits per heavy atom. The Labute approximate surface area is 479 Å². The molecule has 80 heavy (non-hydrogen) atoms. The quantitative estimate of drug-likeness (QED) is 0.109. The van der Waals surface area contributed by atoms with Crippen molar-refractivity contribution < 1.29 is 50.5 Å². The Bertz CT molecular complexity index is 2970. The van der Waals surface area contributed by atoms with Gasteiger partial charge in [-0.25, -0.2) is 21.6 Å². The summed E-state index contributed by atoms with van der Waals surface area (Å²) in [6, 6.07) is 26.1. The fourth-order valence-electron chi connectivity index (χ4n) is 10.7. The molecule has 0 bridgehead atoms. The maximum atomic E-state index is 13.7. The van der Waals surface area contributed by atoms with Crippen molar-refractivity contribution in [2.75, 3.05) is 106 Å². The van der Waals surface area contributed by atoms with Crippen LogP contribution in [0.3, 0.4) is 0 Å². The van der Waals surface area contributed by atoms with Crippen LogP contribution in [0.15, 0.2) is 82.6 Å². The molecule has 4 aromatic rings. The number of hydrogen-bond donors (Lipinski definition) is 2. The second-order valence-corrected chi connectivity index (χ2v) is 24.1. The van der Waals surface area contributed by atoms with E-state index in [1.807, 2.05) is 41.3 Å². The van der Waals surface area contributed by atoms with Gasteiger partial charge in [-0.15, -0.1) is 12.4 Å². The minimum Gasteiger partial charge on any atom is -0.497 e. The van der Waals surface area contributed by atoms with Crippen LogP contribution in [0.1, 0.15) is 83.0 Å². The Morgan fingerprint density at radius 3 is 1.41 bits per heavy atom. The van der Waals surface area contributed by atoms with Gasteiger partial charge in [0.05, 0.1) is 60.5 Å². The molecule has 2 unspecified atom stereocenters. The highest BCUT2D eigenvalue weighted by Gasteiger charge is 2.37. The zero-order valence-electron chi connectivity index (χ0n) is 47.0. The number of carboxylic acid groups (broad SMARTS) is 1. The van der Waals surface area contributed by atoms with Crippen LogP contribution in [0.2, 0.25) is 0 Å². The molecule has 19 nitrogen and oxygen atoms in total. The van der Waals surface area contributed by atoms with Crippen molar-refractivity contribution in [2.45, 2.75) is 101 Å². The van der Waals surface area contributed by atoms with Crippen LogP contribution in [-0.4, -0.2) is 175 Å². The summed E-state index contributed by atoms with van der Waals surface area (Å²) in [4.78, 5) is 30.6. The van der Waals surface area contributed by atoms with Crippen molar-refractivity contribution in [3.05, 3.63) is 117 Å². The summed E-state index contributed by atoms with van der Waals surface area (Å²) in [5, 5.41) is 29.9. The maximum absolute atomic E-state index is 13.7. The van der Waals surface area contributed by atoms with E-state index in [1.54, 1.807) is 76.6 Å². The lowest BCUT2D eigenvalue weighted by Gasteiger charge is -2.36. The normalized spacial score (nSPS) is 18.4. The monoisotopic (exact) mass is 1160 g/mol. The number of amides is 1. The van der Waals surface area contributed by atoms with Crippen molar-refractivity contribution in [3.63, 3.8) is 0 Å². The summed E-state index contributed by atoms with van der Waals surface area (Å²) < 4.78 is 78.4. The number of hydrogen-bond acceptors (Lipinski definition) is 15. The molecule has 4 aromatic carbocycles. The van der Waals surface area contributed by atoms with E-state index in [2.05, 4.69) is 33.3 Å². The van der Waals surface area contributed by atoms with Gasteiger partial charge in [-0.2, -0.15) is 19.1 Å². The highest BCUT2D eigenvalue weighted by Crippen LogP contribution is 2.34. The molecule has 0 spiro atoms. The number of nitriles is 2. The fourth-order valence-corrected chi connectivity index (χ4v) is 14.9. The number of carbonyl (C=O) groups excluding carboxylic acids is 1. The fraction of sp³-hybridized carbons (Fsp3) is 0.517. The van der Waals surface area contributed by atoms with E-state index in [0.29, 0.717) is 88.1 Å². The van der Waals surface area contributed by atoms with Gasteiger partial charge >= 0.3 is 5.97 Å². The predicted octanol–water partition coefficient (Wildman–Crippen LogP) is 6.43. The average molecular weight is 1160 g/mol. The van der Waals surface area contributed by atoms with Crippen LogP contribution in [-0.2, 0) is 52.2 Å². The van der Waals surface area contributed by atoms with Crippen LogP contribution in [0.5, 0.6) is 11.5 Å². The lowest BCUT2D eigenvalue weighted by molar-refractivity contribution is -0.142. The van der Waals surface area contributed by atoms with Gasteiger partial charge in [0.15, 0.2) is 0 Å². The molecule has 8 rings (SSSR count). The number of sulfonamides is 2. The second kappa shape index (κ2) is 31.5. The van der Waals surface area contributed by atoms with Crippen molar-refractivity contribution in [2.24, 2.45) is 0 Å². The largest absolute Gasteiger partial charge is 0.497 e. The van der Waals surface area contributed by atoms with Crippen molar-refractivity contribution in [3.8, 4) is 23.6 Å². The molecule has 0 saturated carbocycles. The molecular formula is C58H79ClN8O11S2. The number of benzene rings is 4. The molecular weight excluding hydrogens is 1080 g/mol. The third-order valence-electron chi connectivity index (χ3n) is 14.5. The predicted molar refractivity (Wildman–Crippen MR) is 307 cm³/mol. The van der Waals surface area contributed by atoms with Gasteiger partial charge in [0.2, 0.25) is 26.0 Å². The molecule has 4 saturated heterocycles. The third-order valence-corrected chi connectivity index (χ3v) is 19.1. The highest BCUT2D eigenvalue weighted by molar-refractivity contribution is 7.89. The van der Waals surface area contributed by atoms with Crippen LogP contribution >= 0.6 is 12.4 Å². The second-order valence-electron chi connectivity index (χ2n) is 20.4. The van der Waals surface area contributed by atoms with Gasteiger partial charge in [-0.3, -0.25) is 14.6 Å². The molecule has 436 valence electrons. The summed E-state index contributed by atoms with van der Waals surface area (Å²) in [7, 11) is -4.31. The summed E-state index contributed by atoms with van der Waals surface area (Å²) in [5.41, 5.74) is 6.30. The van der Waals surface area contributed by atoms with Crippen LogP contribution in [0, 0.1) is 50.4 Å². The smallest absolute Gasteiger partial charge is 0.329 e. The minimum atomic E-state index is -3.73. The molecule has 0 aromatic heterocycles. The average Bonchev–Trinajstić information content (AvgIpc) is 3.46. The number of carbonyl (C=O) groups is 2. The number of aryl methyl sites for hydroxylation is 4. The van der Waals surface area contributed by atoms with Gasteiger partial charge in [0.25, 0.3) is 0 Å². The number of carboxylic acids is 1. The molecule has 4 aliphatic rings. The summed E-state index contributed by atoms with van der Waals surface area (Å²) in [6.07, 6.45) is 4.76. The molecule has 2 N–H and O–H groups in total. The van der Waals surface area contributed by atoms with E-state index >= 15 is 0 Å². The van der Waals surface area contributed by atoms with E-state index in [4.69, 9.17) is 34.6 Å². The first kappa shape index (κ1) is 65.1. The molecule has 2 atom stereocenters. The molecule has 1 amide bonds. The van der Waals surface area contributed by atoms with E-state index in [0.717, 1.165) is 89.2 Å². The number of piperidine rings is 2. The molecule has 0 aliphatic carbocycles. The maximum Gasteiger partial charge on any atom is 0.329 e. The van der Waals surface area contributed by atoms with Gasteiger partial charge in [-0.1, -0.05) is 37.1 Å². The first-order valence-corrected chi connectivity index (χ1v) is 29.9. The summed E-state index contributed by atoms with van der Waals surface area (Å²) in [6.45, 7) is 16.5. The number of ether oxygens (including phenoxy) is 4. The number of aliphatic carboxylic acids is 1. The molecule has 22 heteroatoms. The first-order valence-electron chi connectivity index (χ1n) is 27.0. The van der Waals surface area contributed by atoms with E-state index in [-0.39, 0.29) is 50.2 Å². The summed E-state index contributed by atoms with van der Waals surface area (Å²) >= 11 is 0. The number of nitrogens with one attached hydrogen (secondary N) is 1. The van der Waals surface area contributed by atoms with Gasteiger partial charge in [0, 0.05) is 90.6 Å². The zero-order chi connectivity index (χ0) is 57.1. The lowest BCUT2D eigenvalue weighted by Crippen LogP contribution is -2.50. The van der Waals surface area contributed by atoms with Gasteiger partial charge in [0.1, 0.15) is 24.7 Å². The third kappa shape index (κ3) is 18.2. The molecule has 4 fully saturated rings. The number of halogens is 1. The number of nitrogens with zero attached hydrogens (tertiary/aromatic N) is 7. The standard InChI is InChI=1S/C29H38N4O5S.C17H25NO6S.C12H15N3.ClH/c1-22-15-27(37-3)16-23(2)29(22)39(35,36)33-10-5-4-9-26(33)20-38-21-28(34)32-13-11-31(12-14-32)19-25-8-6-7-24(17-25)18-30;1-12-8-15(23-3)9-13(2)17(12)25(21,22)18-7-5-4-6-14(18)10-24-11-16(19)20;13-9-11-2-1-3-12(8-11)10-15-6-4-14-5-7-15;/h6-8,15-17,26H,4-5,9-14,19-21H2,1-3H3;8-9,14H,4-7,10-11H2,1-3H3,(H,19,20);1-3,8,14H,4-7,10H2;1H. The molecule has 0 radical (unpaired) electrons. The number of methoxy groups -OCH3 is 2. The molecule has 4 heterocycles. The Kier molecular flexibility index (Phi) is 25.6. The van der Waals surface area contributed by atoms with Crippen molar-refractivity contribution in [1.82, 2.24) is 28.6 Å². The molecule has 4 aliphatic heterocycles. The lowest BCUT2D eigenvalue weighted by atomic mass is 10.1. The van der Waals surface area contributed by atoms with Crippen molar-refractivity contribution >= 4 is 44.3 Å². The minimum absolute atomic E-state index is 0. The Balaban J connectivity index is 0.000000244. The Hall–Kier alpha value is -5.69. The first-order chi connectivity index (χ1) is 37.9. The number of rotatable bonds is 18. The van der Waals surface area contributed by atoms with Gasteiger partial charge < -0.3 is 34.3 Å². The number of piperazine rings is 2. The van der Waals surface area contributed by atoms with Crippen LogP contribution < -0.4 is 14.8 Å². The van der Waals surface area contributed by atoms with Crippen LogP contribution in [0.4, 0.5) is 0 Å². The van der Waals surface area contributed by atoms with Crippen molar-refractivity contribution in [1.29, 1.82) is 10.5 Å². The van der Waals surface area contributed by atoms with E-state index < -0.39 is 32.6 Å². The zero-order valence-corrected chi connectivity index (χ0v) is 49.5. The topological polar surface area (TPSA) is 235 Å². The van der Waals surface area contributed by atoms with E-state index in [1.165, 1.54) is 9.87 Å². The SMILES string of the molecule is COc1cc(C)c(S(=O)(=O)N2CCCCC2COCC(=O)N2CCN(Cc3cccc(C#N)c3)CC2)c(C)c1.COc1cc(C)c(S(=O)(=O)N2CCCCC2COCC(=O)O)c(C)c1.Cl.N#Cc1cccc(CN2CCNCC2)c1. The highest BCUT2D eigenvalue weighted by atomic mass is 35.5. The summed E-state index contributed by atoms with van der Waals surface area (Å²) in [5.74, 6) is 0.115. The van der Waals surface area contributed by atoms with Crippen LogP contribution in [0.25, 0.3) is 0 Å². The Morgan fingerprint density at radius 1 is 0.600 bits per heavy atom. The van der Waals surface area contributed by atoms with E-state index in [9.17, 15) is 26.4 Å². The van der Waals surface area contributed by atoms with Gasteiger partial charge in [-0.05, 0) is 135 Å².